The minimum Gasteiger partial charge on any atom is -0.490 e. The molecule has 0 amide bonds. The van der Waals surface area contributed by atoms with Crippen molar-refractivity contribution in [2.24, 2.45) is 0 Å². The number of nitrogens with one attached hydrogen (secondary N) is 1. The largest absolute Gasteiger partial charge is 0.490 e. The van der Waals surface area contributed by atoms with Gasteiger partial charge in [0.1, 0.15) is 17.7 Å². The van der Waals surface area contributed by atoms with Gasteiger partial charge in [0.25, 0.3) is 0 Å². The SMILES string of the molecule is Fc1ccc2cnccc2c1CNC1CC(Oc2cccc(S(F)(F)F)c2)C1. The molecule has 0 saturated heterocycles. The second-order valence-corrected chi connectivity index (χ2v) is 8.08. The van der Waals surface area contributed by atoms with Gasteiger partial charge in [-0.3, -0.25) is 4.98 Å². The molecule has 0 radical (unpaired) electrons. The van der Waals surface area contributed by atoms with E-state index in [1.807, 2.05) is 0 Å². The monoisotopic (exact) mass is 410 g/mol. The molecule has 1 aromatic heterocycles. The number of pyridine rings is 1. The molecule has 2 aromatic carbocycles. The van der Waals surface area contributed by atoms with Crippen molar-refractivity contribution in [3.05, 3.63) is 66.2 Å². The molecule has 1 N–H and O–H groups in total. The molecule has 4 rings (SSSR count). The highest BCUT2D eigenvalue weighted by molar-refractivity contribution is 8.20. The van der Waals surface area contributed by atoms with Gasteiger partial charge in [-0.25, -0.2) is 4.39 Å². The van der Waals surface area contributed by atoms with Crippen molar-refractivity contribution in [1.82, 2.24) is 10.3 Å². The number of rotatable bonds is 6. The molecular weight excluding hydrogens is 392 g/mol. The first-order valence-corrected chi connectivity index (χ1v) is 10.2. The van der Waals surface area contributed by atoms with E-state index in [4.69, 9.17) is 4.74 Å². The smallest absolute Gasteiger partial charge is 0.237 e. The second-order valence-electron chi connectivity index (χ2n) is 6.79. The van der Waals surface area contributed by atoms with Crippen LogP contribution in [0.25, 0.3) is 10.8 Å². The number of aromatic nitrogens is 1. The molecule has 0 bridgehead atoms. The standard InChI is InChI=1S/C20H18F4N2OS/c21-20-5-4-13-11-25-7-6-18(13)19(20)12-26-14-8-16(9-14)27-15-2-1-3-17(10-15)28(22,23)24/h1-7,10-11,14,16,26H,8-9,12H2. The van der Waals surface area contributed by atoms with Crippen LogP contribution in [0.3, 0.4) is 0 Å². The first kappa shape index (κ1) is 19.0. The third-order valence-corrected chi connectivity index (χ3v) is 5.70. The summed E-state index contributed by atoms with van der Waals surface area (Å²) in [6, 6.07) is 10.1. The highest BCUT2D eigenvalue weighted by Gasteiger charge is 2.31. The van der Waals surface area contributed by atoms with Crippen molar-refractivity contribution in [3.63, 3.8) is 0 Å². The van der Waals surface area contributed by atoms with Gasteiger partial charge in [0, 0.05) is 35.9 Å². The summed E-state index contributed by atoms with van der Waals surface area (Å²) in [7, 11) is 0. The Labute approximate surface area is 161 Å². The van der Waals surface area contributed by atoms with Gasteiger partial charge < -0.3 is 10.1 Å². The van der Waals surface area contributed by atoms with Crippen LogP contribution in [0.15, 0.2) is 59.8 Å². The zero-order chi connectivity index (χ0) is 19.7. The highest BCUT2D eigenvalue weighted by Crippen LogP contribution is 2.61. The van der Waals surface area contributed by atoms with Crippen molar-refractivity contribution in [1.29, 1.82) is 0 Å². The third-order valence-electron chi connectivity index (χ3n) is 4.91. The molecule has 3 nitrogen and oxygen atoms in total. The van der Waals surface area contributed by atoms with Gasteiger partial charge in [-0.1, -0.05) is 6.07 Å². The van der Waals surface area contributed by atoms with E-state index >= 15 is 0 Å². The minimum absolute atomic E-state index is 0.137. The highest BCUT2D eigenvalue weighted by atomic mass is 32.3. The van der Waals surface area contributed by atoms with Gasteiger partial charge in [-0.15, -0.1) is 11.7 Å². The molecule has 28 heavy (non-hydrogen) atoms. The van der Waals surface area contributed by atoms with E-state index in [1.54, 1.807) is 24.5 Å². The Bertz CT molecular complexity index is 989. The topological polar surface area (TPSA) is 34.2 Å². The molecule has 0 aliphatic heterocycles. The maximum absolute atomic E-state index is 14.2. The lowest BCUT2D eigenvalue weighted by atomic mass is 9.89. The van der Waals surface area contributed by atoms with Gasteiger partial charge in [0.2, 0.25) is 11.2 Å². The Balaban J connectivity index is 1.33. The van der Waals surface area contributed by atoms with Crippen LogP contribution in [0.4, 0.5) is 16.0 Å². The van der Waals surface area contributed by atoms with Gasteiger partial charge in [0.05, 0.1) is 4.90 Å². The molecule has 0 unspecified atom stereocenters. The van der Waals surface area contributed by atoms with Gasteiger partial charge in [-0.2, -0.15) is 0 Å². The Kier molecular flexibility index (Phi) is 5.16. The predicted molar refractivity (Wildman–Crippen MR) is 102 cm³/mol. The number of ether oxygens (including phenoxy) is 1. The Hall–Kier alpha value is -2.32. The van der Waals surface area contributed by atoms with Crippen LogP contribution >= 0.6 is 11.2 Å². The van der Waals surface area contributed by atoms with E-state index in [-0.39, 0.29) is 23.7 Å². The quantitative estimate of drug-likeness (QED) is 0.515. The van der Waals surface area contributed by atoms with Crippen molar-refractivity contribution in [2.75, 3.05) is 0 Å². The molecule has 1 heterocycles. The summed E-state index contributed by atoms with van der Waals surface area (Å²) in [6.07, 6.45) is 4.52. The lowest BCUT2D eigenvalue weighted by Gasteiger charge is -2.36. The third kappa shape index (κ3) is 4.07. The summed E-state index contributed by atoms with van der Waals surface area (Å²) in [4.78, 5) is 3.41. The van der Waals surface area contributed by atoms with E-state index in [2.05, 4.69) is 10.3 Å². The van der Waals surface area contributed by atoms with Crippen LogP contribution in [0.2, 0.25) is 0 Å². The summed E-state index contributed by atoms with van der Waals surface area (Å²) in [5.41, 5.74) is 0.588. The molecule has 1 aliphatic carbocycles. The van der Waals surface area contributed by atoms with Crippen LogP contribution in [0.1, 0.15) is 18.4 Å². The number of hydrogen-bond acceptors (Lipinski definition) is 3. The van der Waals surface area contributed by atoms with Gasteiger partial charge in [-0.05, 0) is 54.6 Å². The van der Waals surface area contributed by atoms with Crippen LogP contribution < -0.4 is 10.1 Å². The van der Waals surface area contributed by atoms with Crippen LogP contribution in [-0.4, -0.2) is 17.1 Å². The Morgan fingerprint density at radius 3 is 2.71 bits per heavy atom. The number of benzene rings is 2. The van der Waals surface area contributed by atoms with E-state index in [9.17, 15) is 16.0 Å². The zero-order valence-corrected chi connectivity index (χ0v) is 15.6. The average molecular weight is 410 g/mol. The predicted octanol–water partition coefficient (Wildman–Crippen LogP) is 5.89. The van der Waals surface area contributed by atoms with Crippen LogP contribution in [-0.2, 0) is 6.54 Å². The number of hydrogen-bond donors (Lipinski definition) is 1. The summed E-state index contributed by atoms with van der Waals surface area (Å²) >= 11 is -5.25. The molecule has 1 aliphatic rings. The fourth-order valence-corrected chi connectivity index (χ4v) is 3.83. The molecule has 1 fully saturated rings. The van der Waals surface area contributed by atoms with Crippen molar-refractivity contribution < 1.29 is 20.8 Å². The molecule has 148 valence electrons. The van der Waals surface area contributed by atoms with E-state index in [0.29, 0.717) is 24.9 Å². The first-order chi connectivity index (χ1) is 13.4. The molecule has 3 aromatic rings. The van der Waals surface area contributed by atoms with Crippen molar-refractivity contribution in [2.45, 2.75) is 36.4 Å². The first-order valence-electron chi connectivity index (χ1n) is 8.83. The van der Waals surface area contributed by atoms with E-state index < -0.39 is 16.1 Å². The normalized spacial score (nSPS) is 20.0. The number of fused-ring (bicyclic) bond motifs is 1. The maximum atomic E-state index is 14.2. The maximum Gasteiger partial charge on any atom is 0.237 e. The summed E-state index contributed by atoms with van der Waals surface area (Å²) < 4.78 is 58.4. The molecular formula is C20H18F4N2OS. The van der Waals surface area contributed by atoms with E-state index in [1.165, 1.54) is 18.2 Å². The molecule has 0 spiro atoms. The number of halogens is 4. The summed E-state index contributed by atoms with van der Waals surface area (Å²) in [5, 5.41) is 5.00. The van der Waals surface area contributed by atoms with Crippen LogP contribution in [0.5, 0.6) is 5.75 Å². The lowest BCUT2D eigenvalue weighted by Crippen LogP contribution is -2.46. The zero-order valence-electron chi connectivity index (χ0n) is 14.7. The van der Waals surface area contributed by atoms with Crippen LogP contribution in [0, 0.1) is 5.82 Å². The number of nitrogens with zero attached hydrogens (tertiary/aromatic N) is 1. The fraction of sp³-hybridized carbons (Fsp3) is 0.250. The van der Waals surface area contributed by atoms with Crippen molar-refractivity contribution >= 4 is 22.0 Å². The summed E-state index contributed by atoms with van der Waals surface area (Å²) in [5.74, 6) is -0.0387. The van der Waals surface area contributed by atoms with Crippen molar-refractivity contribution in [3.8, 4) is 5.75 Å². The molecule has 8 heteroatoms. The second kappa shape index (κ2) is 7.60. The molecule has 1 saturated carbocycles. The average Bonchev–Trinajstić information content (AvgIpc) is 2.64. The Morgan fingerprint density at radius 1 is 1.11 bits per heavy atom. The minimum atomic E-state index is -5.25. The van der Waals surface area contributed by atoms with E-state index in [0.717, 1.165) is 22.9 Å². The van der Waals surface area contributed by atoms with Gasteiger partial charge in [0.15, 0.2) is 0 Å². The Morgan fingerprint density at radius 2 is 1.93 bits per heavy atom. The molecule has 0 atom stereocenters. The lowest BCUT2D eigenvalue weighted by molar-refractivity contribution is 0.0840. The summed E-state index contributed by atoms with van der Waals surface area (Å²) in [6.45, 7) is 0.373. The fourth-order valence-electron chi connectivity index (χ4n) is 3.35. The van der Waals surface area contributed by atoms with Gasteiger partial charge >= 0.3 is 0 Å².